The number of esters is 1. The van der Waals surface area contributed by atoms with E-state index in [0.717, 1.165) is 6.42 Å². The summed E-state index contributed by atoms with van der Waals surface area (Å²) in [6.45, 7) is 10.2. The van der Waals surface area contributed by atoms with Gasteiger partial charge >= 0.3 is 5.97 Å². The molecule has 0 amide bonds. The highest BCUT2D eigenvalue weighted by Crippen LogP contribution is 2.10. The molecule has 0 heterocycles. The highest BCUT2D eigenvalue weighted by Gasteiger charge is 2.19. The molecular formula is C12H25NO2. The van der Waals surface area contributed by atoms with Gasteiger partial charge in [-0.1, -0.05) is 27.7 Å². The van der Waals surface area contributed by atoms with Crippen molar-refractivity contribution in [3.8, 4) is 0 Å². The van der Waals surface area contributed by atoms with Crippen molar-refractivity contribution >= 4 is 5.97 Å². The van der Waals surface area contributed by atoms with Crippen LogP contribution in [0.1, 0.15) is 47.5 Å². The minimum Gasteiger partial charge on any atom is -0.462 e. The van der Waals surface area contributed by atoms with Gasteiger partial charge in [-0.15, -0.1) is 0 Å². The van der Waals surface area contributed by atoms with Crippen LogP contribution in [0, 0.1) is 11.8 Å². The molecule has 3 heteroatoms. The van der Waals surface area contributed by atoms with E-state index in [1.807, 2.05) is 20.8 Å². The molecule has 0 aromatic carbocycles. The van der Waals surface area contributed by atoms with Crippen molar-refractivity contribution in [2.45, 2.75) is 59.6 Å². The molecule has 0 rings (SSSR count). The first-order valence-electron chi connectivity index (χ1n) is 5.79. The third kappa shape index (κ3) is 7.37. The van der Waals surface area contributed by atoms with Crippen LogP contribution in [-0.2, 0) is 9.53 Å². The minimum atomic E-state index is -0.473. The molecule has 0 aromatic rings. The first-order chi connectivity index (χ1) is 6.82. The van der Waals surface area contributed by atoms with Gasteiger partial charge in [-0.05, 0) is 31.6 Å². The second kappa shape index (κ2) is 6.83. The topological polar surface area (TPSA) is 52.3 Å². The van der Waals surface area contributed by atoms with E-state index in [1.54, 1.807) is 0 Å². The maximum Gasteiger partial charge on any atom is 0.323 e. The van der Waals surface area contributed by atoms with Crippen molar-refractivity contribution in [3.05, 3.63) is 0 Å². The number of nitrogens with two attached hydrogens (primary N) is 1. The zero-order valence-electron chi connectivity index (χ0n) is 10.6. The summed E-state index contributed by atoms with van der Waals surface area (Å²) in [5.41, 5.74) is 5.72. The average molecular weight is 215 g/mol. The molecule has 0 aliphatic carbocycles. The van der Waals surface area contributed by atoms with Gasteiger partial charge in [-0.3, -0.25) is 4.79 Å². The zero-order valence-corrected chi connectivity index (χ0v) is 10.6. The summed E-state index contributed by atoms with van der Waals surface area (Å²) in [5.74, 6) is 0.693. The number of carbonyl (C=O) groups is 1. The molecule has 2 unspecified atom stereocenters. The molecule has 2 N–H and O–H groups in total. The van der Waals surface area contributed by atoms with Gasteiger partial charge in [-0.2, -0.15) is 0 Å². The van der Waals surface area contributed by atoms with Crippen molar-refractivity contribution in [1.29, 1.82) is 0 Å². The summed E-state index contributed by atoms with van der Waals surface area (Å²) in [7, 11) is 0. The first kappa shape index (κ1) is 14.4. The monoisotopic (exact) mass is 215 g/mol. The van der Waals surface area contributed by atoms with Crippen LogP contribution in [0.4, 0.5) is 0 Å². The van der Waals surface area contributed by atoms with Crippen LogP contribution in [-0.4, -0.2) is 18.1 Å². The Hall–Kier alpha value is -0.570. The van der Waals surface area contributed by atoms with Crippen molar-refractivity contribution in [1.82, 2.24) is 0 Å². The number of hydrogen-bond donors (Lipinski definition) is 1. The Labute approximate surface area is 93.4 Å². The molecule has 0 aliphatic rings. The van der Waals surface area contributed by atoms with Crippen LogP contribution in [0.2, 0.25) is 0 Å². The molecule has 15 heavy (non-hydrogen) atoms. The lowest BCUT2D eigenvalue weighted by molar-refractivity contribution is -0.150. The lowest BCUT2D eigenvalue weighted by atomic mass is 10.0. The molecule has 0 bridgehead atoms. The van der Waals surface area contributed by atoms with Gasteiger partial charge in [-0.25, -0.2) is 0 Å². The fraction of sp³-hybridized carbons (Fsp3) is 0.917. The van der Waals surface area contributed by atoms with Gasteiger partial charge in [0.15, 0.2) is 0 Å². The SMILES string of the molecule is CC(C)CC(C)OC(=O)C(N)CC(C)C. The number of ether oxygens (including phenoxy) is 1. The van der Waals surface area contributed by atoms with Crippen molar-refractivity contribution < 1.29 is 9.53 Å². The lowest BCUT2D eigenvalue weighted by Gasteiger charge is -2.19. The Balaban J connectivity index is 3.90. The van der Waals surface area contributed by atoms with Crippen molar-refractivity contribution in [2.24, 2.45) is 17.6 Å². The third-order valence-electron chi connectivity index (χ3n) is 2.15. The second-order valence-electron chi connectivity index (χ2n) is 5.11. The molecule has 0 fully saturated rings. The van der Waals surface area contributed by atoms with Gasteiger partial charge in [0.1, 0.15) is 6.04 Å². The molecule has 3 nitrogen and oxygen atoms in total. The van der Waals surface area contributed by atoms with Crippen LogP contribution < -0.4 is 5.73 Å². The van der Waals surface area contributed by atoms with Crippen molar-refractivity contribution in [2.75, 3.05) is 0 Å². The predicted molar refractivity (Wildman–Crippen MR) is 62.4 cm³/mol. The molecule has 90 valence electrons. The Bertz CT molecular complexity index is 190. The molecule has 0 radical (unpaired) electrons. The maximum absolute atomic E-state index is 11.5. The molecule has 0 saturated carbocycles. The third-order valence-corrected chi connectivity index (χ3v) is 2.15. The normalized spacial score (nSPS) is 15.5. The van der Waals surface area contributed by atoms with E-state index in [4.69, 9.17) is 10.5 Å². The maximum atomic E-state index is 11.5. The van der Waals surface area contributed by atoms with E-state index in [0.29, 0.717) is 18.3 Å². The van der Waals surface area contributed by atoms with Gasteiger partial charge in [0.25, 0.3) is 0 Å². The summed E-state index contributed by atoms with van der Waals surface area (Å²) >= 11 is 0. The number of carbonyl (C=O) groups excluding carboxylic acids is 1. The molecule has 0 spiro atoms. The van der Waals surface area contributed by atoms with Gasteiger partial charge in [0.05, 0.1) is 6.10 Å². The summed E-state index contributed by atoms with van der Waals surface area (Å²) < 4.78 is 5.26. The fourth-order valence-corrected chi connectivity index (χ4v) is 1.60. The Kier molecular flexibility index (Phi) is 6.57. The average Bonchev–Trinajstić information content (AvgIpc) is 2.00. The van der Waals surface area contributed by atoms with E-state index in [-0.39, 0.29) is 12.1 Å². The summed E-state index contributed by atoms with van der Waals surface area (Å²) in [4.78, 5) is 11.5. The first-order valence-corrected chi connectivity index (χ1v) is 5.79. The van der Waals surface area contributed by atoms with E-state index in [9.17, 15) is 4.79 Å². The van der Waals surface area contributed by atoms with Crippen LogP contribution in [0.25, 0.3) is 0 Å². The van der Waals surface area contributed by atoms with Crippen LogP contribution >= 0.6 is 0 Å². The van der Waals surface area contributed by atoms with E-state index in [2.05, 4.69) is 13.8 Å². The second-order valence-corrected chi connectivity index (χ2v) is 5.11. The van der Waals surface area contributed by atoms with Crippen LogP contribution in [0.5, 0.6) is 0 Å². The standard InChI is InChI=1S/C12H25NO2/c1-8(2)6-10(5)15-12(14)11(13)7-9(3)4/h8-11H,6-7,13H2,1-5H3. The highest BCUT2D eigenvalue weighted by atomic mass is 16.5. The highest BCUT2D eigenvalue weighted by molar-refractivity contribution is 5.75. The lowest BCUT2D eigenvalue weighted by Crippen LogP contribution is -2.35. The number of rotatable bonds is 6. The van der Waals surface area contributed by atoms with Crippen LogP contribution in [0.15, 0.2) is 0 Å². The summed E-state index contributed by atoms with van der Waals surface area (Å²) in [6.07, 6.45) is 1.55. The number of hydrogen-bond acceptors (Lipinski definition) is 3. The Morgan fingerprint density at radius 2 is 1.53 bits per heavy atom. The molecule has 0 aromatic heterocycles. The largest absolute Gasteiger partial charge is 0.462 e. The Morgan fingerprint density at radius 3 is 1.93 bits per heavy atom. The molecule has 2 atom stereocenters. The van der Waals surface area contributed by atoms with Crippen molar-refractivity contribution in [3.63, 3.8) is 0 Å². The smallest absolute Gasteiger partial charge is 0.323 e. The summed E-state index contributed by atoms with van der Waals surface area (Å²) in [6, 6.07) is -0.473. The zero-order chi connectivity index (χ0) is 12.0. The predicted octanol–water partition coefficient (Wildman–Crippen LogP) is 2.34. The van der Waals surface area contributed by atoms with Gasteiger partial charge < -0.3 is 10.5 Å². The molecule has 0 aliphatic heterocycles. The van der Waals surface area contributed by atoms with Crippen LogP contribution in [0.3, 0.4) is 0 Å². The molecular weight excluding hydrogens is 190 g/mol. The van der Waals surface area contributed by atoms with Gasteiger partial charge in [0, 0.05) is 0 Å². The molecule has 0 saturated heterocycles. The van der Waals surface area contributed by atoms with E-state index >= 15 is 0 Å². The quantitative estimate of drug-likeness (QED) is 0.692. The summed E-state index contributed by atoms with van der Waals surface area (Å²) in [5, 5.41) is 0. The minimum absolute atomic E-state index is 0.0317. The fourth-order valence-electron chi connectivity index (χ4n) is 1.60. The van der Waals surface area contributed by atoms with E-state index in [1.165, 1.54) is 0 Å². The van der Waals surface area contributed by atoms with E-state index < -0.39 is 6.04 Å². The van der Waals surface area contributed by atoms with Gasteiger partial charge in [0.2, 0.25) is 0 Å². The Morgan fingerprint density at radius 1 is 1.07 bits per heavy atom.